The van der Waals surface area contributed by atoms with Crippen LogP contribution in [0, 0.1) is 0 Å². The third kappa shape index (κ3) is 0.877. The first-order chi connectivity index (χ1) is 4.41. The van der Waals surface area contributed by atoms with Gasteiger partial charge >= 0.3 is 0 Å². The minimum atomic E-state index is 0.401. The SMILES string of the molecule is C1CCC2(CCC2)OC1. The summed E-state index contributed by atoms with van der Waals surface area (Å²) in [6.45, 7) is 1.03. The zero-order chi connectivity index (χ0) is 6.16. The van der Waals surface area contributed by atoms with Gasteiger partial charge in [-0.25, -0.2) is 0 Å². The van der Waals surface area contributed by atoms with Crippen LogP contribution in [0.4, 0.5) is 0 Å². The standard InChI is InChI=1S/C8H14O/c1-2-7-9-8(4-1)5-3-6-8/h1-7H2. The Bertz CT molecular complexity index is 97.1. The zero-order valence-corrected chi connectivity index (χ0v) is 5.86. The van der Waals surface area contributed by atoms with Gasteiger partial charge in [0.25, 0.3) is 0 Å². The minimum Gasteiger partial charge on any atom is -0.375 e. The van der Waals surface area contributed by atoms with E-state index in [-0.39, 0.29) is 0 Å². The molecule has 0 N–H and O–H groups in total. The first-order valence-electron chi connectivity index (χ1n) is 4.05. The molecule has 0 atom stereocenters. The summed E-state index contributed by atoms with van der Waals surface area (Å²) in [7, 11) is 0. The number of hydrogen-bond acceptors (Lipinski definition) is 1. The Morgan fingerprint density at radius 3 is 2.00 bits per heavy atom. The van der Waals surface area contributed by atoms with Crippen LogP contribution in [0.1, 0.15) is 38.5 Å². The molecule has 0 aromatic carbocycles. The fraction of sp³-hybridized carbons (Fsp3) is 1.00. The van der Waals surface area contributed by atoms with E-state index in [1.165, 1.54) is 38.5 Å². The number of ether oxygens (including phenoxy) is 1. The molecular weight excluding hydrogens is 112 g/mol. The van der Waals surface area contributed by atoms with Gasteiger partial charge in [0.15, 0.2) is 0 Å². The maximum atomic E-state index is 5.70. The summed E-state index contributed by atoms with van der Waals surface area (Å²) in [4.78, 5) is 0. The monoisotopic (exact) mass is 126 g/mol. The molecule has 1 saturated carbocycles. The smallest absolute Gasteiger partial charge is 0.0682 e. The van der Waals surface area contributed by atoms with Gasteiger partial charge < -0.3 is 4.74 Å². The molecule has 1 heterocycles. The van der Waals surface area contributed by atoms with Crippen LogP contribution in [-0.2, 0) is 4.74 Å². The summed E-state index contributed by atoms with van der Waals surface area (Å²) >= 11 is 0. The molecule has 1 nitrogen and oxygen atoms in total. The third-order valence-electron chi connectivity index (χ3n) is 2.70. The van der Waals surface area contributed by atoms with Gasteiger partial charge in [0.2, 0.25) is 0 Å². The van der Waals surface area contributed by atoms with E-state index in [9.17, 15) is 0 Å². The molecule has 1 saturated heterocycles. The van der Waals surface area contributed by atoms with Crippen molar-refractivity contribution in [2.75, 3.05) is 6.61 Å². The molecule has 1 aliphatic carbocycles. The van der Waals surface area contributed by atoms with E-state index >= 15 is 0 Å². The second-order valence-corrected chi connectivity index (χ2v) is 3.34. The molecule has 0 aromatic rings. The average Bonchev–Trinajstić information content (AvgIpc) is 1.87. The van der Waals surface area contributed by atoms with Crippen molar-refractivity contribution in [3.63, 3.8) is 0 Å². The summed E-state index contributed by atoms with van der Waals surface area (Å²) in [5, 5.41) is 0. The molecule has 0 amide bonds. The Labute approximate surface area is 56.4 Å². The van der Waals surface area contributed by atoms with E-state index in [0.29, 0.717) is 5.60 Å². The van der Waals surface area contributed by atoms with Crippen LogP contribution in [0.3, 0.4) is 0 Å². The van der Waals surface area contributed by atoms with E-state index in [2.05, 4.69) is 0 Å². The molecule has 0 radical (unpaired) electrons. The van der Waals surface area contributed by atoms with Crippen molar-refractivity contribution < 1.29 is 4.74 Å². The lowest BCUT2D eigenvalue weighted by molar-refractivity contribution is -0.127. The molecule has 2 fully saturated rings. The summed E-state index contributed by atoms with van der Waals surface area (Å²) < 4.78 is 5.70. The predicted molar refractivity (Wildman–Crippen MR) is 36.4 cm³/mol. The van der Waals surface area contributed by atoms with Crippen LogP contribution in [0.2, 0.25) is 0 Å². The molecule has 1 heteroatoms. The summed E-state index contributed by atoms with van der Waals surface area (Å²) in [5.74, 6) is 0. The predicted octanol–water partition coefficient (Wildman–Crippen LogP) is 2.11. The van der Waals surface area contributed by atoms with Crippen molar-refractivity contribution in [2.24, 2.45) is 0 Å². The zero-order valence-electron chi connectivity index (χ0n) is 5.86. The quantitative estimate of drug-likeness (QED) is 0.483. The van der Waals surface area contributed by atoms with Crippen molar-refractivity contribution in [1.29, 1.82) is 0 Å². The highest BCUT2D eigenvalue weighted by Gasteiger charge is 2.38. The second kappa shape index (κ2) is 1.98. The highest BCUT2D eigenvalue weighted by Crippen LogP contribution is 2.41. The van der Waals surface area contributed by atoms with Crippen LogP contribution in [0.5, 0.6) is 0 Å². The normalized spacial score (nSPS) is 32.0. The van der Waals surface area contributed by atoms with E-state index in [0.717, 1.165) is 6.61 Å². The summed E-state index contributed by atoms with van der Waals surface area (Å²) in [5.41, 5.74) is 0.401. The van der Waals surface area contributed by atoms with E-state index in [1.54, 1.807) is 0 Å². The number of rotatable bonds is 0. The first-order valence-corrected chi connectivity index (χ1v) is 4.05. The van der Waals surface area contributed by atoms with Gasteiger partial charge in [-0.05, 0) is 38.5 Å². The van der Waals surface area contributed by atoms with Gasteiger partial charge in [0, 0.05) is 6.61 Å². The molecule has 1 spiro atoms. The van der Waals surface area contributed by atoms with Gasteiger partial charge in [-0.15, -0.1) is 0 Å². The molecule has 2 rings (SSSR count). The second-order valence-electron chi connectivity index (χ2n) is 3.34. The summed E-state index contributed by atoms with van der Waals surface area (Å²) in [6.07, 6.45) is 8.12. The molecule has 1 aliphatic heterocycles. The Kier molecular flexibility index (Phi) is 1.26. The van der Waals surface area contributed by atoms with Gasteiger partial charge in [0.05, 0.1) is 5.60 Å². The highest BCUT2D eigenvalue weighted by atomic mass is 16.5. The van der Waals surface area contributed by atoms with Crippen molar-refractivity contribution in [3.8, 4) is 0 Å². The molecule has 2 aliphatic rings. The fourth-order valence-corrected chi connectivity index (χ4v) is 1.88. The molecule has 9 heavy (non-hydrogen) atoms. The molecule has 52 valence electrons. The fourth-order valence-electron chi connectivity index (χ4n) is 1.88. The Morgan fingerprint density at radius 2 is 1.67 bits per heavy atom. The van der Waals surface area contributed by atoms with E-state index in [1.807, 2.05) is 0 Å². The van der Waals surface area contributed by atoms with Gasteiger partial charge in [-0.2, -0.15) is 0 Å². The average molecular weight is 126 g/mol. The van der Waals surface area contributed by atoms with Crippen LogP contribution >= 0.6 is 0 Å². The maximum Gasteiger partial charge on any atom is 0.0682 e. The van der Waals surface area contributed by atoms with Crippen molar-refractivity contribution >= 4 is 0 Å². The Hall–Kier alpha value is -0.0400. The van der Waals surface area contributed by atoms with Crippen LogP contribution in [0.25, 0.3) is 0 Å². The van der Waals surface area contributed by atoms with Crippen LogP contribution in [-0.4, -0.2) is 12.2 Å². The lowest BCUT2D eigenvalue weighted by Gasteiger charge is -2.44. The van der Waals surface area contributed by atoms with Crippen molar-refractivity contribution in [3.05, 3.63) is 0 Å². The van der Waals surface area contributed by atoms with Crippen LogP contribution < -0.4 is 0 Å². The molecular formula is C8H14O. The Morgan fingerprint density at radius 1 is 0.889 bits per heavy atom. The van der Waals surface area contributed by atoms with E-state index in [4.69, 9.17) is 4.74 Å². The first kappa shape index (κ1) is 5.72. The maximum absolute atomic E-state index is 5.70. The lowest BCUT2D eigenvalue weighted by atomic mass is 9.75. The Balaban J connectivity index is 1.93. The largest absolute Gasteiger partial charge is 0.375 e. The lowest BCUT2D eigenvalue weighted by Crippen LogP contribution is -2.42. The van der Waals surface area contributed by atoms with Gasteiger partial charge in [-0.1, -0.05) is 0 Å². The van der Waals surface area contributed by atoms with Gasteiger partial charge in [0.1, 0.15) is 0 Å². The topological polar surface area (TPSA) is 9.23 Å². The van der Waals surface area contributed by atoms with Crippen molar-refractivity contribution in [1.82, 2.24) is 0 Å². The van der Waals surface area contributed by atoms with Crippen molar-refractivity contribution in [2.45, 2.75) is 44.1 Å². The highest BCUT2D eigenvalue weighted by molar-refractivity contribution is 4.91. The summed E-state index contributed by atoms with van der Waals surface area (Å²) in [6, 6.07) is 0. The molecule has 0 aromatic heterocycles. The third-order valence-corrected chi connectivity index (χ3v) is 2.70. The molecule has 0 unspecified atom stereocenters. The van der Waals surface area contributed by atoms with Gasteiger partial charge in [-0.3, -0.25) is 0 Å². The molecule has 0 bridgehead atoms. The van der Waals surface area contributed by atoms with E-state index < -0.39 is 0 Å². The number of hydrogen-bond donors (Lipinski definition) is 0. The van der Waals surface area contributed by atoms with Crippen LogP contribution in [0.15, 0.2) is 0 Å². The minimum absolute atomic E-state index is 0.401.